The fraction of sp³-hybridized carbons (Fsp3) is 0.444. The summed E-state index contributed by atoms with van der Waals surface area (Å²) in [5.41, 5.74) is 1.95. The van der Waals surface area contributed by atoms with Crippen LogP contribution in [0, 0.1) is 11.3 Å². The number of hydrogen-bond donors (Lipinski definition) is 0. The van der Waals surface area contributed by atoms with Gasteiger partial charge in [-0.2, -0.15) is 5.26 Å². The molecule has 0 atom stereocenters. The predicted molar refractivity (Wildman–Crippen MR) is 100 cm³/mol. The van der Waals surface area contributed by atoms with Gasteiger partial charge in [0.1, 0.15) is 5.60 Å². The molecule has 0 unspecified atom stereocenters. The molecule has 0 bridgehead atoms. The van der Waals surface area contributed by atoms with Crippen LogP contribution in [0.15, 0.2) is 24.4 Å². The number of alkyl halides is 1. The predicted octanol–water partition coefficient (Wildman–Crippen LogP) is 5.05. The van der Waals surface area contributed by atoms with Crippen LogP contribution in [0.4, 0.5) is 4.79 Å². The molecule has 0 fully saturated rings. The molecule has 0 spiro atoms. The number of hydrogen-bond acceptors (Lipinski definition) is 3. The quantitative estimate of drug-likeness (QED) is 0.392. The van der Waals surface area contributed by atoms with Gasteiger partial charge in [0, 0.05) is 11.6 Å². The molecule has 2 aromatic rings. The van der Waals surface area contributed by atoms with Crippen molar-refractivity contribution in [2.45, 2.75) is 45.6 Å². The van der Waals surface area contributed by atoms with Gasteiger partial charge in [-0.3, -0.25) is 4.57 Å². The molecule has 0 saturated carbocycles. The molecule has 0 N–H and O–H groups in total. The molecule has 122 valence electrons. The Labute approximate surface area is 150 Å². The van der Waals surface area contributed by atoms with E-state index in [0.717, 1.165) is 40.2 Å². The number of halogens is 1. The van der Waals surface area contributed by atoms with Crippen molar-refractivity contribution in [3.05, 3.63) is 35.5 Å². The van der Waals surface area contributed by atoms with Crippen molar-refractivity contribution in [3.63, 3.8) is 0 Å². The number of benzene rings is 1. The molecule has 1 aromatic heterocycles. The zero-order valence-electron chi connectivity index (χ0n) is 13.7. The Hall–Kier alpha value is -1.55. The van der Waals surface area contributed by atoms with Gasteiger partial charge in [0.05, 0.1) is 17.1 Å². The molecule has 4 nitrogen and oxygen atoms in total. The molecule has 0 aliphatic heterocycles. The number of carbonyl (C=O) groups is 1. The molecule has 0 saturated heterocycles. The Balaban J connectivity index is 2.45. The van der Waals surface area contributed by atoms with Gasteiger partial charge in [-0.15, -0.1) is 0 Å². The number of fused-ring (bicyclic) bond motifs is 1. The third-order valence-corrected chi connectivity index (χ3v) is 4.20. The first kappa shape index (κ1) is 17.8. The van der Waals surface area contributed by atoms with E-state index in [1.165, 1.54) is 0 Å². The van der Waals surface area contributed by atoms with Gasteiger partial charge in [0.2, 0.25) is 0 Å². The van der Waals surface area contributed by atoms with Crippen molar-refractivity contribution >= 4 is 39.6 Å². The summed E-state index contributed by atoms with van der Waals surface area (Å²) in [4.78, 5) is 12.4. The average molecular weight is 424 g/mol. The summed E-state index contributed by atoms with van der Waals surface area (Å²) in [6, 6.07) is 7.57. The second kappa shape index (κ2) is 7.35. The summed E-state index contributed by atoms with van der Waals surface area (Å²) >= 11 is 2.37. The van der Waals surface area contributed by atoms with Crippen molar-refractivity contribution < 1.29 is 9.53 Å². The van der Waals surface area contributed by atoms with Crippen LogP contribution in [-0.4, -0.2) is 20.7 Å². The maximum atomic E-state index is 12.4. The molecule has 0 amide bonds. The second-order valence-electron chi connectivity index (χ2n) is 6.49. The molecule has 1 aromatic carbocycles. The van der Waals surface area contributed by atoms with Crippen molar-refractivity contribution in [3.8, 4) is 6.07 Å². The van der Waals surface area contributed by atoms with Crippen LogP contribution in [0.3, 0.4) is 0 Å². The normalized spacial score (nSPS) is 11.4. The van der Waals surface area contributed by atoms with Gasteiger partial charge in [0.25, 0.3) is 0 Å². The van der Waals surface area contributed by atoms with Crippen molar-refractivity contribution in [2.24, 2.45) is 0 Å². The number of carbonyl (C=O) groups excluding carboxylic acids is 1. The van der Waals surface area contributed by atoms with Crippen LogP contribution in [0.5, 0.6) is 0 Å². The van der Waals surface area contributed by atoms with Gasteiger partial charge in [-0.1, -0.05) is 22.6 Å². The van der Waals surface area contributed by atoms with Crippen LogP contribution in [0.2, 0.25) is 0 Å². The molecule has 0 aliphatic rings. The Kier molecular flexibility index (Phi) is 5.69. The number of unbranched alkanes of at least 4 members (excludes halogenated alkanes) is 1. The molecule has 1 heterocycles. The van der Waals surface area contributed by atoms with E-state index in [2.05, 4.69) is 28.7 Å². The Morgan fingerprint density at radius 2 is 2.09 bits per heavy atom. The Morgan fingerprint density at radius 1 is 1.35 bits per heavy atom. The maximum Gasteiger partial charge on any atom is 0.419 e. The lowest BCUT2D eigenvalue weighted by Gasteiger charge is -2.19. The van der Waals surface area contributed by atoms with E-state index in [9.17, 15) is 4.79 Å². The van der Waals surface area contributed by atoms with E-state index in [-0.39, 0.29) is 6.09 Å². The highest BCUT2D eigenvalue weighted by atomic mass is 127. The van der Waals surface area contributed by atoms with Gasteiger partial charge < -0.3 is 4.74 Å². The number of nitriles is 1. The minimum absolute atomic E-state index is 0.382. The fourth-order valence-corrected chi connectivity index (χ4v) is 2.98. The molecule has 0 radical (unpaired) electrons. The van der Waals surface area contributed by atoms with Gasteiger partial charge >= 0.3 is 6.09 Å². The summed E-state index contributed by atoms with van der Waals surface area (Å²) in [7, 11) is 0. The van der Waals surface area contributed by atoms with E-state index >= 15 is 0 Å². The summed E-state index contributed by atoms with van der Waals surface area (Å²) in [5, 5.41) is 10.1. The van der Waals surface area contributed by atoms with Gasteiger partial charge in [-0.05, 0) is 68.2 Å². The molecular formula is C18H21IN2O2. The third-order valence-electron chi connectivity index (χ3n) is 3.44. The van der Waals surface area contributed by atoms with Gasteiger partial charge in [0.15, 0.2) is 0 Å². The highest BCUT2D eigenvalue weighted by Gasteiger charge is 2.20. The highest BCUT2D eigenvalue weighted by molar-refractivity contribution is 14.1. The monoisotopic (exact) mass is 424 g/mol. The van der Waals surface area contributed by atoms with Crippen LogP contribution in [0.25, 0.3) is 10.9 Å². The number of nitrogens with zero attached hydrogens (tertiary/aromatic N) is 2. The number of aryl methyl sites for hydroxylation is 1. The van der Waals surface area contributed by atoms with E-state index in [1.807, 2.05) is 39.1 Å². The zero-order valence-corrected chi connectivity index (χ0v) is 15.9. The second-order valence-corrected chi connectivity index (χ2v) is 7.57. The number of rotatable bonds is 4. The number of aromatic nitrogens is 1. The van der Waals surface area contributed by atoms with E-state index in [1.54, 1.807) is 10.6 Å². The molecule has 23 heavy (non-hydrogen) atoms. The number of ether oxygens (including phenoxy) is 1. The minimum atomic E-state index is -0.540. The SMILES string of the molecule is CC(C)(C)OC(=O)n1cc(CCCCI)c2cc(C#N)ccc21. The van der Waals surface area contributed by atoms with E-state index in [0.29, 0.717) is 5.56 Å². The lowest BCUT2D eigenvalue weighted by molar-refractivity contribution is 0.0544. The van der Waals surface area contributed by atoms with Crippen LogP contribution < -0.4 is 0 Å². The summed E-state index contributed by atoms with van der Waals surface area (Å²) in [6.07, 6.45) is 4.56. The van der Waals surface area contributed by atoms with Crippen LogP contribution in [0.1, 0.15) is 44.7 Å². The fourth-order valence-electron chi connectivity index (χ4n) is 2.44. The summed E-state index contributed by atoms with van der Waals surface area (Å²) in [5.74, 6) is 0. The largest absolute Gasteiger partial charge is 0.443 e. The summed E-state index contributed by atoms with van der Waals surface area (Å²) in [6.45, 7) is 5.56. The van der Waals surface area contributed by atoms with Gasteiger partial charge in [-0.25, -0.2) is 4.79 Å². The standard InChI is InChI=1S/C18H21IN2O2/c1-18(2,3)23-17(22)21-12-14(6-4-5-9-19)15-10-13(11-20)7-8-16(15)21/h7-8,10,12H,4-6,9H2,1-3H3. The molecule has 5 heteroatoms. The first-order chi connectivity index (χ1) is 10.9. The maximum absolute atomic E-state index is 12.4. The first-order valence-corrected chi connectivity index (χ1v) is 9.21. The van der Waals surface area contributed by atoms with Crippen LogP contribution >= 0.6 is 22.6 Å². The van der Waals surface area contributed by atoms with Crippen molar-refractivity contribution in [1.82, 2.24) is 4.57 Å². The smallest absolute Gasteiger partial charge is 0.419 e. The Bertz CT molecular complexity index is 751. The molecule has 2 rings (SSSR count). The van der Waals surface area contributed by atoms with E-state index in [4.69, 9.17) is 10.00 Å². The molecular weight excluding hydrogens is 403 g/mol. The minimum Gasteiger partial charge on any atom is -0.443 e. The first-order valence-electron chi connectivity index (χ1n) is 7.69. The third kappa shape index (κ3) is 4.47. The zero-order chi connectivity index (χ0) is 17.0. The highest BCUT2D eigenvalue weighted by Crippen LogP contribution is 2.25. The lowest BCUT2D eigenvalue weighted by atomic mass is 10.1. The van der Waals surface area contributed by atoms with Crippen molar-refractivity contribution in [1.29, 1.82) is 5.26 Å². The topological polar surface area (TPSA) is 55.0 Å². The summed E-state index contributed by atoms with van der Waals surface area (Å²) < 4.78 is 8.16. The van der Waals surface area contributed by atoms with Crippen LogP contribution in [-0.2, 0) is 11.2 Å². The van der Waals surface area contributed by atoms with Crippen molar-refractivity contribution in [2.75, 3.05) is 4.43 Å². The van der Waals surface area contributed by atoms with E-state index < -0.39 is 5.60 Å². The Morgan fingerprint density at radius 3 is 2.70 bits per heavy atom. The average Bonchev–Trinajstić information content (AvgIpc) is 2.84. The lowest BCUT2D eigenvalue weighted by Crippen LogP contribution is -2.26. The molecule has 0 aliphatic carbocycles.